The van der Waals surface area contributed by atoms with E-state index in [1.165, 1.54) is 4.90 Å². The van der Waals surface area contributed by atoms with Gasteiger partial charge in [0.2, 0.25) is 17.7 Å². The lowest BCUT2D eigenvalue weighted by Crippen LogP contribution is -2.46. The third kappa shape index (κ3) is 7.97. The summed E-state index contributed by atoms with van der Waals surface area (Å²) in [5.74, 6) is -0.593. The van der Waals surface area contributed by atoms with Gasteiger partial charge in [0.15, 0.2) is 0 Å². The van der Waals surface area contributed by atoms with E-state index in [1.807, 2.05) is 33.8 Å². The van der Waals surface area contributed by atoms with Crippen molar-refractivity contribution in [1.29, 1.82) is 0 Å². The van der Waals surface area contributed by atoms with Crippen LogP contribution in [0.15, 0.2) is 18.2 Å². The van der Waals surface area contributed by atoms with Crippen LogP contribution in [0.5, 0.6) is 0 Å². The van der Waals surface area contributed by atoms with E-state index < -0.39 is 0 Å². The van der Waals surface area contributed by atoms with Crippen molar-refractivity contribution in [1.82, 2.24) is 15.1 Å². The smallest absolute Gasteiger partial charge is 0.239 e. The summed E-state index contributed by atoms with van der Waals surface area (Å²) in [6.45, 7) is 9.08. The quantitative estimate of drug-likeness (QED) is 0.632. The lowest BCUT2D eigenvalue weighted by Gasteiger charge is -2.25. The van der Waals surface area contributed by atoms with Crippen molar-refractivity contribution < 1.29 is 14.4 Å². The Labute approximate surface area is 166 Å². The van der Waals surface area contributed by atoms with E-state index in [2.05, 4.69) is 10.6 Å². The molecule has 0 saturated carbocycles. The molecule has 1 aromatic carbocycles. The van der Waals surface area contributed by atoms with E-state index in [4.69, 9.17) is 11.6 Å². The first kappa shape index (κ1) is 22.9. The van der Waals surface area contributed by atoms with Crippen LogP contribution in [0.25, 0.3) is 0 Å². The van der Waals surface area contributed by atoms with Gasteiger partial charge in [0.25, 0.3) is 0 Å². The minimum absolute atomic E-state index is 0.0225. The van der Waals surface area contributed by atoms with Crippen molar-refractivity contribution >= 4 is 35.0 Å². The van der Waals surface area contributed by atoms with Crippen molar-refractivity contribution in [3.8, 4) is 0 Å². The molecule has 0 fully saturated rings. The summed E-state index contributed by atoms with van der Waals surface area (Å²) >= 11 is 5.97. The predicted molar refractivity (Wildman–Crippen MR) is 108 cm³/mol. The van der Waals surface area contributed by atoms with Crippen molar-refractivity contribution in [2.24, 2.45) is 0 Å². The molecular weight excluding hydrogens is 368 g/mol. The van der Waals surface area contributed by atoms with Gasteiger partial charge in [-0.3, -0.25) is 19.3 Å². The predicted octanol–water partition coefficient (Wildman–Crippen LogP) is 1.89. The number of carbonyl (C=O) groups is 3. The number of anilines is 1. The third-order valence-electron chi connectivity index (χ3n) is 4.09. The van der Waals surface area contributed by atoms with Crippen LogP contribution >= 0.6 is 11.6 Å². The number of hydrogen-bond acceptors (Lipinski definition) is 4. The number of nitrogens with zero attached hydrogens (tertiary/aromatic N) is 2. The first-order valence-corrected chi connectivity index (χ1v) is 9.51. The molecule has 0 aromatic heterocycles. The highest BCUT2D eigenvalue weighted by atomic mass is 35.5. The van der Waals surface area contributed by atoms with Crippen LogP contribution in [-0.4, -0.2) is 66.8 Å². The molecule has 0 saturated heterocycles. The largest absolute Gasteiger partial charge is 0.355 e. The number of benzene rings is 1. The number of hydrogen-bond donors (Lipinski definition) is 2. The zero-order chi connectivity index (χ0) is 20.4. The molecule has 2 N–H and O–H groups in total. The van der Waals surface area contributed by atoms with E-state index in [1.54, 1.807) is 17.0 Å². The fraction of sp³-hybridized carbons (Fsp3) is 0.526. The van der Waals surface area contributed by atoms with Crippen LogP contribution < -0.4 is 10.6 Å². The van der Waals surface area contributed by atoms with Crippen molar-refractivity contribution in [2.45, 2.75) is 27.7 Å². The zero-order valence-corrected chi connectivity index (χ0v) is 17.2. The Kier molecular flexibility index (Phi) is 9.82. The van der Waals surface area contributed by atoms with Crippen LogP contribution in [0, 0.1) is 6.92 Å². The molecule has 8 heteroatoms. The van der Waals surface area contributed by atoms with Crippen molar-refractivity contribution in [2.75, 3.05) is 44.6 Å². The van der Waals surface area contributed by atoms with Crippen LogP contribution in [-0.2, 0) is 14.4 Å². The summed E-state index contributed by atoms with van der Waals surface area (Å²) in [5, 5.41) is 6.05. The molecule has 0 aliphatic heterocycles. The molecule has 150 valence electrons. The molecule has 0 aliphatic carbocycles. The molecule has 27 heavy (non-hydrogen) atoms. The lowest BCUT2D eigenvalue weighted by molar-refractivity contribution is -0.137. The summed E-state index contributed by atoms with van der Waals surface area (Å²) < 4.78 is 0. The van der Waals surface area contributed by atoms with Gasteiger partial charge in [-0.2, -0.15) is 0 Å². The molecule has 0 unspecified atom stereocenters. The number of amides is 3. The van der Waals surface area contributed by atoms with Gasteiger partial charge in [0.05, 0.1) is 19.6 Å². The Hall–Kier alpha value is -2.12. The second-order valence-electron chi connectivity index (χ2n) is 6.17. The Bertz CT molecular complexity index is 666. The van der Waals surface area contributed by atoms with Crippen molar-refractivity contribution in [3.63, 3.8) is 0 Å². The molecule has 7 nitrogen and oxygen atoms in total. The molecule has 0 atom stereocenters. The minimum Gasteiger partial charge on any atom is -0.355 e. The van der Waals surface area contributed by atoms with Gasteiger partial charge in [0.1, 0.15) is 0 Å². The lowest BCUT2D eigenvalue weighted by atomic mass is 10.2. The van der Waals surface area contributed by atoms with E-state index in [0.717, 1.165) is 5.56 Å². The Balaban J connectivity index is 2.63. The summed E-state index contributed by atoms with van der Waals surface area (Å²) in [7, 11) is 0. The topological polar surface area (TPSA) is 81.8 Å². The summed E-state index contributed by atoms with van der Waals surface area (Å²) in [4.78, 5) is 39.8. The molecular formula is C19H29ClN4O3. The highest BCUT2D eigenvalue weighted by Gasteiger charge is 2.19. The van der Waals surface area contributed by atoms with E-state index >= 15 is 0 Å². The van der Waals surface area contributed by atoms with Crippen molar-refractivity contribution in [3.05, 3.63) is 28.8 Å². The first-order chi connectivity index (χ1) is 12.8. The SMILES string of the molecule is CCNC(=O)CN(CC)C(=O)CN(CC)CC(=O)Nc1cc(Cl)ccc1C. The highest BCUT2D eigenvalue weighted by Crippen LogP contribution is 2.20. The first-order valence-electron chi connectivity index (χ1n) is 9.13. The molecule has 0 heterocycles. The third-order valence-corrected chi connectivity index (χ3v) is 4.32. The standard InChI is InChI=1S/C19H29ClN4O3/c1-5-21-17(25)12-24(7-3)19(27)13-23(6-2)11-18(26)22-16-10-15(20)9-8-14(16)4/h8-10H,5-7,11-13H2,1-4H3,(H,21,25)(H,22,26). The number of halogens is 1. The van der Waals surface area contributed by atoms with E-state index in [9.17, 15) is 14.4 Å². The monoisotopic (exact) mass is 396 g/mol. The maximum atomic E-state index is 12.5. The molecule has 0 radical (unpaired) electrons. The number of nitrogens with one attached hydrogen (secondary N) is 2. The fourth-order valence-corrected chi connectivity index (χ4v) is 2.67. The second kappa shape index (κ2) is 11.6. The highest BCUT2D eigenvalue weighted by molar-refractivity contribution is 6.31. The fourth-order valence-electron chi connectivity index (χ4n) is 2.50. The van der Waals surface area contributed by atoms with E-state index in [0.29, 0.717) is 30.3 Å². The van der Waals surface area contributed by atoms with Gasteiger partial charge in [-0.05, 0) is 45.0 Å². The second-order valence-corrected chi connectivity index (χ2v) is 6.61. The molecule has 0 spiro atoms. The van der Waals surface area contributed by atoms with Gasteiger partial charge in [0, 0.05) is 23.8 Å². The Morgan fingerprint density at radius 3 is 2.30 bits per heavy atom. The minimum atomic E-state index is -0.221. The summed E-state index contributed by atoms with van der Waals surface area (Å²) in [6, 6.07) is 5.29. The van der Waals surface area contributed by atoms with Crippen LogP contribution in [0.3, 0.4) is 0 Å². The number of aryl methyl sites for hydroxylation is 1. The van der Waals surface area contributed by atoms with E-state index in [-0.39, 0.29) is 37.4 Å². The Morgan fingerprint density at radius 2 is 1.70 bits per heavy atom. The van der Waals surface area contributed by atoms with Gasteiger partial charge in [-0.25, -0.2) is 0 Å². The summed E-state index contributed by atoms with van der Waals surface area (Å²) in [6.07, 6.45) is 0. The Morgan fingerprint density at radius 1 is 1.00 bits per heavy atom. The van der Waals surface area contributed by atoms with Crippen LogP contribution in [0.4, 0.5) is 5.69 Å². The molecule has 0 aliphatic rings. The van der Waals surface area contributed by atoms with Gasteiger partial charge < -0.3 is 15.5 Å². The average molecular weight is 397 g/mol. The summed E-state index contributed by atoms with van der Waals surface area (Å²) in [5.41, 5.74) is 1.56. The van der Waals surface area contributed by atoms with Gasteiger partial charge in [-0.1, -0.05) is 24.6 Å². The maximum Gasteiger partial charge on any atom is 0.239 e. The van der Waals surface area contributed by atoms with Crippen LogP contribution in [0.1, 0.15) is 26.3 Å². The van der Waals surface area contributed by atoms with Crippen LogP contribution in [0.2, 0.25) is 5.02 Å². The molecule has 1 aromatic rings. The zero-order valence-electron chi connectivity index (χ0n) is 16.5. The number of likely N-dealkylation sites (N-methyl/N-ethyl adjacent to an activating group) is 3. The normalized spacial score (nSPS) is 10.6. The average Bonchev–Trinajstić information content (AvgIpc) is 2.62. The number of rotatable bonds is 10. The molecule has 0 bridgehead atoms. The molecule has 1 rings (SSSR count). The molecule has 3 amide bonds. The van der Waals surface area contributed by atoms with Gasteiger partial charge in [-0.15, -0.1) is 0 Å². The van der Waals surface area contributed by atoms with Gasteiger partial charge >= 0.3 is 0 Å². The number of carbonyl (C=O) groups excluding carboxylic acids is 3. The maximum absolute atomic E-state index is 12.5.